The number of ether oxygens (including phenoxy) is 1. The monoisotopic (exact) mass is 347 g/mol. The summed E-state index contributed by atoms with van der Waals surface area (Å²) in [5.41, 5.74) is 2.63. The molecule has 0 aliphatic heterocycles. The first kappa shape index (κ1) is 21.5. The first-order chi connectivity index (χ1) is 12.0. The van der Waals surface area contributed by atoms with Gasteiger partial charge in [-0.1, -0.05) is 53.0 Å². The zero-order valence-corrected chi connectivity index (χ0v) is 16.9. The van der Waals surface area contributed by atoms with Crippen LogP contribution in [-0.4, -0.2) is 19.1 Å². The van der Waals surface area contributed by atoms with Crippen LogP contribution in [0.2, 0.25) is 0 Å². The van der Waals surface area contributed by atoms with Crippen LogP contribution < -0.4 is 10.1 Å². The third kappa shape index (κ3) is 8.42. The van der Waals surface area contributed by atoms with Crippen LogP contribution >= 0.6 is 0 Å². The van der Waals surface area contributed by atoms with E-state index < -0.39 is 0 Å². The smallest absolute Gasteiger partial charge is 0.220 e. The van der Waals surface area contributed by atoms with Gasteiger partial charge in [0.05, 0.1) is 6.61 Å². The highest BCUT2D eigenvalue weighted by Crippen LogP contribution is 2.23. The first-order valence-corrected chi connectivity index (χ1v) is 9.97. The number of carbonyl (C=O) groups excluding carboxylic acids is 1. The fourth-order valence-corrected chi connectivity index (χ4v) is 3.10. The molecular formula is C22H37NO2. The Bertz CT molecular complexity index is 511. The van der Waals surface area contributed by atoms with Crippen molar-refractivity contribution in [3.8, 4) is 5.75 Å². The Morgan fingerprint density at radius 3 is 2.56 bits per heavy atom. The topological polar surface area (TPSA) is 38.3 Å². The average molecular weight is 348 g/mol. The molecule has 0 radical (unpaired) electrons. The second-order valence-corrected chi connectivity index (χ2v) is 7.35. The maximum atomic E-state index is 12.0. The molecule has 1 amide bonds. The summed E-state index contributed by atoms with van der Waals surface area (Å²) >= 11 is 0. The van der Waals surface area contributed by atoms with Gasteiger partial charge in [0, 0.05) is 13.0 Å². The second kappa shape index (κ2) is 11.9. The van der Waals surface area contributed by atoms with Crippen molar-refractivity contribution in [1.29, 1.82) is 0 Å². The number of nitrogens with one attached hydrogen (secondary N) is 1. The Kier molecular flexibility index (Phi) is 10.3. The van der Waals surface area contributed by atoms with Crippen LogP contribution in [0.25, 0.3) is 0 Å². The summed E-state index contributed by atoms with van der Waals surface area (Å²) < 4.78 is 5.79. The molecule has 0 aliphatic carbocycles. The quantitative estimate of drug-likeness (QED) is 0.499. The van der Waals surface area contributed by atoms with Crippen molar-refractivity contribution >= 4 is 5.91 Å². The fourth-order valence-electron chi connectivity index (χ4n) is 3.10. The van der Waals surface area contributed by atoms with E-state index in [-0.39, 0.29) is 5.91 Å². The second-order valence-electron chi connectivity index (χ2n) is 7.35. The lowest BCUT2D eigenvalue weighted by Gasteiger charge is -2.15. The van der Waals surface area contributed by atoms with E-state index in [2.05, 4.69) is 52.1 Å². The van der Waals surface area contributed by atoms with Crippen molar-refractivity contribution in [1.82, 2.24) is 5.32 Å². The van der Waals surface area contributed by atoms with Gasteiger partial charge in [0.1, 0.15) is 5.75 Å². The van der Waals surface area contributed by atoms with Gasteiger partial charge in [-0.2, -0.15) is 0 Å². The number of hydrogen-bond donors (Lipinski definition) is 1. The minimum atomic E-state index is 0.143. The maximum absolute atomic E-state index is 12.0. The number of hydrogen-bond acceptors (Lipinski definition) is 2. The van der Waals surface area contributed by atoms with Crippen molar-refractivity contribution < 1.29 is 9.53 Å². The molecular weight excluding hydrogens is 310 g/mol. The lowest BCUT2D eigenvalue weighted by atomic mass is 9.98. The Labute approximate surface area is 154 Å². The summed E-state index contributed by atoms with van der Waals surface area (Å²) in [4.78, 5) is 12.0. The summed E-state index contributed by atoms with van der Waals surface area (Å²) in [6.45, 7) is 12.3. The molecule has 1 aromatic rings. The Morgan fingerprint density at radius 1 is 1.20 bits per heavy atom. The van der Waals surface area contributed by atoms with Crippen LogP contribution in [0.5, 0.6) is 5.75 Å². The van der Waals surface area contributed by atoms with Crippen LogP contribution in [0.4, 0.5) is 0 Å². The Hall–Kier alpha value is -1.51. The van der Waals surface area contributed by atoms with Crippen LogP contribution in [-0.2, 0) is 4.79 Å². The molecule has 3 heteroatoms. The number of carbonyl (C=O) groups is 1. The van der Waals surface area contributed by atoms with E-state index in [4.69, 9.17) is 4.74 Å². The minimum Gasteiger partial charge on any atom is -0.494 e. The van der Waals surface area contributed by atoms with Gasteiger partial charge >= 0.3 is 0 Å². The van der Waals surface area contributed by atoms with Crippen LogP contribution in [0, 0.1) is 12.8 Å². The van der Waals surface area contributed by atoms with E-state index in [0.29, 0.717) is 24.9 Å². The lowest BCUT2D eigenvalue weighted by Crippen LogP contribution is -2.29. The van der Waals surface area contributed by atoms with Crippen LogP contribution in [0.1, 0.15) is 83.3 Å². The third-order valence-electron chi connectivity index (χ3n) is 4.81. The highest BCUT2D eigenvalue weighted by Gasteiger charge is 2.09. The normalized spacial score (nSPS) is 12.2. The van der Waals surface area contributed by atoms with Crippen molar-refractivity contribution in [2.75, 3.05) is 13.2 Å². The molecule has 0 aliphatic rings. The summed E-state index contributed by atoms with van der Waals surface area (Å²) in [6.07, 6.45) is 6.10. The summed E-state index contributed by atoms with van der Waals surface area (Å²) in [5, 5.41) is 3.08. The van der Waals surface area contributed by atoms with Crippen LogP contribution in [0.15, 0.2) is 18.2 Å². The van der Waals surface area contributed by atoms with Gasteiger partial charge in [-0.15, -0.1) is 0 Å². The highest BCUT2D eigenvalue weighted by molar-refractivity contribution is 5.75. The zero-order valence-electron chi connectivity index (χ0n) is 16.9. The molecule has 1 unspecified atom stereocenters. The van der Waals surface area contributed by atoms with Gasteiger partial charge in [0.25, 0.3) is 0 Å². The van der Waals surface area contributed by atoms with Gasteiger partial charge in [-0.05, 0) is 54.9 Å². The summed E-state index contributed by atoms with van der Waals surface area (Å²) in [6, 6.07) is 6.26. The van der Waals surface area contributed by atoms with Crippen molar-refractivity contribution in [3.63, 3.8) is 0 Å². The van der Waals surface area contributed by atoms with Crippen molar-refractivity contribution in [2.45, 2.75) is 79.1 Å². The molecule has 0 heterocycles. The van der Waals surface area contributed by atoms with Crippen molar-refractivity contribution in [2.24, 2.45) is 5.92 Å². The molecule has 3 nitrogen and oxygen atoms in total. The van der Waals surface area contributed by atoms with E-state index in [9.17, 15) is 4.79 Å². The Balaban J connectivity index is 2.24. The predicted molar refractivity (Wildman–Crippen MR) is 106 cm³/mol. The molecule has 1 N–H and O–H groups in total. The molecule has 0 saturated heterocycles. The molecule has 1 atom stereocenters. The molecule has 1 aromatic carbocycles. The molecule has 0 bridgehead atoms. The number of amides is 1. The Morgan fingerprint density at radius 2 is 1.96 bits per heavy atom. The molecule has 25 heavy (non-hydrogen) atoms. The van der Waals surface area contributed by atoms with E-state index in [1.54, 1.807) is 0 Å². The molecule has 0 saturated carbocycles. The summed E-state index contributed by atoms with van der Waals surface area (Å²) in [5.74, 6) is 2.18. The van der Waals surface area contributed by atoms with E-state index in [1.807, 2.05) is 6.07 Å². The van der Waals surface area contributed by atoms with Crippen LogP contribution in [0.3, 0.4) is 0 Å². The molecule has 0 aromatic heterocycles. The van der Waals surface area contributed by atoms with Gasteiger partial charge < -0.3 is 10.1 Å². The van der Waals surface area contributed by atoms with E-state index in [1.165, 1.54) is 30.4 Å². The average Bonchev–Trinajstić information content (AvgIpc) is 2.58. The van der Waals surface area contributed by atoms with E-state index in [0.717, 1.165) is 25.1 Å². The van der Waals surface area contributed by atoms with Gasteiger partial charge in [-0.3, -0.25) is 4.79 Å². The molecule has 0 spiro atoms. The molecule has 1 rings (SSSR count). The lowest BCUT2D eigenvalue weighted by molar-refractivity contribution is -0.121. The fraction of sp³-hybridized carbons (Fsp3) is 0.682. The molecule has 142 valence electrons. The number of benzene rings is 1. The number of aryl methyl sites for hydroxylation is 1. The largest absolute Gasteiger partial charge is 0.494 e. The third-order valence-corrected chi connectivity index (χ3v) is 4.81. The van der Waals surface area contributed by atoms with Gasteiger partial charge in [-0.25, -0.2) is 0 Å². The number of unbranched alkanes of at least 4 members (excludes halogenated alkanes) is 1. The maximum Gasteiger partial charge on any atom is 0.220 e. The molecule has 0 fully saturated rings. The standard InChI is InChI=1S/C22H37NO2/c1-6-8-10-19(7-2)16-23-22(24)11-9-14-25-20-12-13-21(17(3)4)18(5)15-20/h12-13,15,17,19H,6-11,14,16H2,1-5H3,(H,23,24). The zero-order chi connectivity index (χ0) is 18.7. The number of rotatable bonds is 12. The van der Waals surface area contributed by atoms with Gasteiger partial charge in [0.2, 0.25) is 5.91 Å². The highest BCUT2D eigenvalue weighted by atomic mass is 16.5. The van der Waals surface area contributed by atoms with Crippen molar-refractivity contribution in [3.05, 3.63) is 29.3 Å². The minimum absolute atomic E-state index is 0.143. The SMILES string of the molecule is CCCCC(CC)CNC(=O)CCCOc1ccc(C(C)C)c(C)c1. The van der Waals surface area contributed by atoms with E-state index >= 15 is 0 Å². The first-order valence-electron chi connectivity index (χ1n) is 9.97. The predicted octanol–water partition coefficient (Wildman–Crippen LogP) is 5.61. The summed E-state index contributed by atoms with van der Waals surface area (Å²) in [7, 11) is 0. The van der Waals surface area contributed by atoms with Gasteiger partial charge in [0.15, 0.2) is 0 Å².